The minimum atomic E-state index is -0.606. The molecule has 0 fully saturated rings. The number of hydrogen-bond donors (Lipinski definition) is 3. The van der Waals surface area contributed by atoms with Gasteiger partial charge in [-0.05, 0) is 0 Å². The van der Waals surface area contributed by atoms with Gasteiger partial charge in [-0.1, -0.05) is 6.92 Å². The van der Waals surface area contributed by atoms with E-state index in [0.717, 1.165) is 0 Å². The van der Waals surface area contributed by atoms with Crippen LogP contribution in [0.5, 0.6) is 0 Å². The van der Waals surface area contributed by atoms with Crippen LogP contribution in [-0.4, -0.2) is 38.4 Å². The molecule has 0 saturated heterocycles. The van der Waals surface area contributed by atoms with Gasteiger partial charge in [0.15, 0.2) is 5.82 Å². The van der Waals surface area contributed by atoms with Crippen molar-refractivity contribution in [3.63, 3.8) is 0 Å². The van der Waals surface area contributed by atoms with Gasteiger partial charge in [-0.25, -0.2) is 0 Å². The topological polar surface area (TPSA) is 97.2 Å². The molecule has 0 unspecified atom stereocenters. The molecule has 1 heterocycles. The van der Waals surface area contributed by atoms with E-state index in [2.05, 4.69) is 10.2 Å². The minimum Gasteiger partial charge on any atom is -0.396 e. The van der Waals surface area contributed by atoms with E-state index in [1.54, 1.807) is 6.92 Å². The Morgan fingerprint density at radius 2 is 2.15 bits per heavy atom. The fourth-order valence-electron chi connectivity index (χ4n) is 0.878. The molecule has 0 radical (unpaired) electrons. The van der Waals surface area contributed by atoms with E-state index in [4.69, 9.17) is 15.9 Å². The average Bonchev–Trinajstić information content (AvgIpc) is 2.51. The molecule has 74 valence electrons. The minimum absolute atomic E-state index is 0.120. The van der Waals surface area contributed by atoms with Crippen LogP contribution >= 0.6 is 0 Å². The van der Waals surface area contributed by atoms with E-state index in [1.165, 1.54) is 11.0 Å². The summed E-state index contributed by atoms with van der Waals surface area (Å²) in [5.41, 5.74) is 4.76. The van der Waals surface area contributed by atoms with E-state index in [-0.39, 0.29) is 13.2 Å². The molecule has 1 aromatic rings. The van der Waals surface area contributed by atoms with Crippen molar-refractivity contribution in [2.75, 3.05) is 18.9 Å². The highest BCUT2D eigenvalue weighted by atomic mass is 16.3. The second kappa shape index (κ2) is 3.71. The van der Waals surface area contributed by atoms with E-state index in [0.29, 0.717) is 12.4 Å². The molecule has 0 aliphatic heterocycles. The van der Waals surface area contributed by atoms with Gasteiger partial charge in [0, 0.05) is 5.41 Å². The lowest BCUT2D eigenvalue weighted by molar-refractivity contribution is 0.0488. The summed E-state index contributed by atoms with van der Waals surface area (Å²) in [5, 5.41) is 25.7. The Morgan fingerprint density at radius 3 is 2.54 bits per heavy atom. The number of nitrogens with zero attached hydrogens (tertiary/aromatic N) is 3. The van der Waals surface area contributed by atoms with Crippen molar-refractivity contribution in [1.82, 2.24) is 15.0 Å². The third-order valence-corrected chi connectivity index (χ3v) is 1.84. The van der Waals surface area contributed by atoms with Crippen LogP contribution < -0.4 is 5.73 Å². The number of aromatic nitrogens is 3. The third-order valence-electron chi connectivity index (χ3n) is 1.84. The quantitative estimate of drug-likeness (QED) is 0.551. The Hall–Kier alpha value is -1.14. The van der Waals surface area contributed by atoms with Crippen molar-refractivity contribution < 1.29 is 10.2 Å². The second-order valence-electron chi connectivity index (χ2n) is 3.43. The Kier molecular flexibility index (Phi) is 2.84. The average molecular weight is 186 g/mol. The first-order valence-corrected chi connectivity index (χ1v) is 3.97. The maximum Gasteiger partial charge on any atom is 0.165 e. The summed E-state index contributed by atoms with van der Waals surface area (Å²) in [6, 6.07) is 0. The largest absolute Gasteiger partial charge is 0.396 e. The predicted octanol–water partition coefficient (Wildman–Crippen LogP) is -1.15. The zero-order chi connectivity index (χ0) is 9.90. The molecule has 0 spiro atoms. The molecule has 0 atom stereocenters. The first-order chi connectivity index (χ1) is 6.09. The van der Waals surface area contributed by atoms with Crippen molar-refractivity contribution in [3.8, 4) is 0 Å². The van der Waals surface area contributed by atoms with Crippen LogP contribution in [0.15, 0.2) is 6.20 Å². The van der Waals surface area contributed by atoms with E-state index >= 15 is 0 Å². The van der Waals surface area contributed by atoms with E-state index in [1.807, 2.05) is 0 Å². The molecule has 4 N–H and O–H groups in total. The van der Waals surface area contributed by atoms with Crippen LogP contribution in [0, 0.1) is 5.41 Å². The maximum absolute atomic E-state index is 8.99. The Balaban J connectivity index is 2.67. The van der Waals surface area contributed by atoms with Gasteiger partial charge in [0.2, 0.25) is 0 Å². The SMILES string of the molecule is CC(CO)(CO)Cn1ncc(N)n1. The molecule has 0 saturated carbocycles. The number of aliphatic hydroxyl groups is 2. The molecule has 0 bridgehead atoms. The van der Waals surface area contributed by atoms with Crippen molar-refractivity contribution >= 4 is 5.82 Å². The van der Waals surface area contributed by atoms with E-state index < -0.39 is 5.41 Å². The number of aliphatic hydroxyl groups excluding tert-OH is 2. The summed E-state index contributed by atoms with van der Waals surface area (Å²) in [5.74, 6) is 0.332. The molecule has 6 nitrogen and oxygen atoms in total. The van der Waals surface area contributed by atoms with Crippen LogP contribution in [0.4, 0.5) is 5.82 Å². The number of anilines is 1. The second-order valence-corrected chi connectivity index (χ2v) is 3.43. The smallest absolute Gasteiger partial charge is 0.165 e. The number of hydrogen-bond acceptors (Lipinski definition) is 5. The highest BCUT2D eigenvalue weighted by molar-refractivity contribution is 5.19. The molecule has 6 heteroatoms. The van der Waals surface area contributed by atoms with Gasteiger partial charge < -0.3 is 15.9 Å². The van der Waals surface area contributed by atoms with Gasteiger partial charge >= 0.3 is 0 Å². The number of nitrogen functional groups attached to an aromatic ring is 1. The zero-order valence-corrected chi connectivity index (χ0v) is 7.51. The predicted molar refractivity (Wildman–Crippen MR) is 46.7 cm³/mol. The molecule has 0 aliphatic carbocycles. The maximum atomic E-state index is 8.99. The highest BCUT2D eigenvalue weighted by Crippen LogP contribution is 2.16. The van der Waals surface area contributed by atoms with Crippen LogP contribution in [0.2, 0.25) is 0 Å². The fraction of sp³-hybridized carbons (Fsp3) is 0.714. The standard InChI is InChI=1S/C7H14N4O2/c1-7(4-12,5-13)3-11-9-2-6(8)10-11/h2,12-13H,3-5H2,1H3,(H2,8,10). The number of rotatable bonds is 4. The zero-order valence-electron chi connectivity index (χ0n) is 7.51. The molecule has 1 aromatic heterocycles. The first kappa shape index (κ1) is 9.94. The summed E-state index contributed by atoms with van der Waals surface area (Å²) >= 11 is 0. The molecule has 1 rings (SSSR count). The Morgan fingerprint density at radius 1 is 1.54 bits per heavy atom. The van der Waals surface area contributed by atoms with E-state index in [9.17, 15) is 0 Å². The monoisotopic (exact) mass is 186 g/mol. The molecule has 0 aromatic carbocycles. The molecular formula is C7H14N4O2. The van der Waals surface area contributed by atoms with Gasteiger partial charge in [0.1, 0.15) is 0 Å². The molecule has 0 amide bonds. The lowest BCUT2D eigenvalue weighted by Gasteiger charge is -2.23. The normalized spacial score (nSPS) is 11.9. The van der Waals surface area contributed by atoms with Gasteiger partial charge in [0.25, 0.3) is 0 Å². The van der Waals surface area contributed by atoms with Gasteiger partial charge in [-0.2, -0.15) is 9.90 Å². The lowest BCUT2D eigenvalue weighted by atomic mass is 9.93. The van der Waals surface area contributed by atoms with Crippen molar-refractivity contribution in [1.29, 1.82) is 0 Å². The molecule has 0 aliphatic rings. The number of nitrogens with two attached hydrogens (primary N) is 1. The first-order valence-electron chi connectivity index (χ1n) is 3.97. The van der Waals surface area contributed by atoms with Crippen molar-refractivity contribution in [2.24, 2.45) is 5.41 Å². The Bertz CT molecular complexity index is 269. The summed E-state index contributed by atoms with van der Waals surface area (Å²) < 4.78 is 0. The summed E-state index contributed by atoms with van der Waals surface area (Å²) in [4.78, 5) is 1.36. The van der Waals surface area contributed by atoms with Crippen molar-refractivity contribution in [2.45, 2.75) is 13.5 Å². The van der Waals surface area contributed by atoms with Crippen LogP contribution in [0.1, 0.15) is 6.92 Å². The summed E-state index contributed by atoms with van der Waals surface area (Å²) in [6.45, 7) is 1.85. The summed E-state index contributed by atoms with van der Waals surface area (Å²) in [7, 11) is 0. The molecular weight excluding hydrogens is 172 g/mol. The van der Waals surface area contributed by atoms with Gasteiger partial charge in [-0.15, -0.1) is 5.10 Å². The lowest BCUT2D eigenvalue weighted by Crippen LogP contribution is -2.32. The summed E-state index contributed by atoms with van der Waals surface area (Å²) in [6.07, 6.45) is 1.43. The van der Waals surface area contributed by atoms with Crippen LogP contribution in [0.25, 0.3) is 0 Å². The van der Waals surface area contributed by atoms with Crippen molar-refractivity contribution in [3.05, 3.63) is 6.20 Å². The van der Waals surface area contributed by atoms with Crippen LogP contribution in [0.3, 0.4) is 0 Å². The third kappa shape index (κ3) is 2.40. The molecule has 13 heavy (non-hydrogen) atoms. The highest BCUT2D eigenvalue weighted by Gasteiger charge is 2.24. The Labute approximate surface area is 76.0 Å². The fourth-order valence-corrected chi connectivity index (χ4v) is 0.878. The van der Waals surface area contributed by atoms with Gasteiger partial charge in [0.05, 0.1) is 26.0 Å². The van der Waals surface area contributed by atoms with Gasteiger partial charge in [-0.3, -0.25) is 0 Å². The van der Waals surface area contributed by atoms with Crippen LogP contribution in [-0.2, 0) is 6.54 Å².